The Labute approximate surface area is 130 Å². The molecule has 0 bridgehead atoms. The molecule has 0 saturated heterocycles. The lowest BCUT2D eigenvalue weighted by molar-refractivity contribution is 0.0953. The highest BCUT2D eigenvalue weighted by Crippen LogP contribution is 2.21. The Morgan fingerprint density at radius 2 is 2.09 bits per heavy atom. The number of rotatable bonds is 7. The number of benzene rings is 1. The van der Waals surface area contributed by atoms with E-state index in [9.17, 15) is 4.79 Å². The van der Waals surface area contributed by atoms with Crippen LogP contribution in [0, 0.1) is 0 Å². The molecule has 2 rings (SSSR count). The zero-order valence-corrected chi connectivity index (χ0v) is 12.9. The minimum Gasteiger partial charge on any atom is -0.497 e. The molecule has 5 heteroatoms. The third-order valence-corrected chi connectivity index (χ3v) is 3.17. The maximum absolute atomic E-state index is 12.0. The second-order valence-electron chi connectivity index (χ2n) is 4.93. The maximum Gasteiger partial charge on any atom is 0.252 e. The first kappa shape index (κ1) is 15.8. The van der Waals surface area contributed by atoms with E-state index in [2.05, 4.69) is 22.5 Å². The lowest BCUT2D eigenvalue weighted by atomic mass is 10.2. The molecular weight excluding hydrogens is 278 g/mol. The van der Waals surface area contributed by atoms with Crippen molar-refractivity contribution in [1.82, 2.24) is 10.3 Å². The smallest absolute Gasteiger partial charge is 0.252 e. The number of methoxy groups -OCH3 is 1. The Bertz CT molecular complexity index is 629. The summed E-state index contributed by atoms with van der Waals surface area (Å²) in [6.45, 7) is 2.77. The molecule has 1 heterocycles. The number of hydrogen-bond donors (Lipinski definition) is 2. The van der Waals surface area contributed by atoms with Gasteiger partial charge in [0.1, 0.15) is 5.75 Å². The van der Waals surface area contributed by atoms with Crippen molar-refractivity contribution >= 4 is 17.3 Å². The van der Waals surface area contributed by atoms with Crippen molar-refractivity contribution in [2.24, 2.45) is 0 Å². The fourth-order valence-electron chi connectivity index (χ4n) is 1.98. The van der Waals surface area contributed by atoms with Crippen molar-refractivity contribution in [3.8, 4) is 5.75 Å². The molecule has 2 aromatic rings. The van der Waals surface area contributed by atoms with Crippen LogP contribution in [0.3, 0.4) is 0 Å². The predicted octanol–water partition coefficient (Wildman–Crippen LogP) is 3.36. The Morgan fingerprint density at radius 1 is 1.23 bits per heavy atom. The van der Waals surface area contributed by atoms with E-state index in [1.54, 1.807) is 25.6 Å². The number of nitrogens with one attached hydrogen (secondary N) is 2. The van der Waals surface area contributed by atoms with Gasteiger partial charge in [0.15, 0.2) is 0 Å². The summed E-state index contributed by atoms with van der Waals surface area (Å²) < 4.78 is 5.19. The standard InChI is InChI=1S/C17H21N3O2/c1-3-4-8-19-17(21)13-9-15(12-18-11-13)20-14-6-5-7-16(10-14)22-2/h5-7,9-12,20H,3-4,8H2,1-2H3,(H,19,21). The van der Waals surface area contributed by atoms with Crippen LogP contribution in [0.1, 0.15) is 30.1 Å². The number of ether oxygens (including phenoxy) is 1. The minimum absolute atomic E-state index is 0.102. The molecule has 1 aromatic heterocycles. The van der Waals surface area contributed by atoms with E-state index in [1.807, 2.05) is 24.3 Å². The molecule has 0 fully saturated rings. The highest BCUT2D eigenvalue weighted by Gasteiger charge is 2.06. The number of pyridine rings is 1. The van der Waals surface area contributed by atoms with Gasteiger partial charge < -0.3 is 15.4 Å². The molecule has 0 spiro atoms. The van der Waals surface area contributed by atoms with Crippen molar-refractivity contribution in [3.63, 3.8) is 0 Å². The third-order valence-electron chi connectivity index (χ3n) is 3.17. The van der Waals surface area contributed by atoms with Crippen LogP contribution in [0.4, 0.5) is 11.4 Å². The SMILES string of the molecule is CCCCNC(=O)c1cncc(Nc2cccc(OC)c2)c1. The molecular formula is C17H21N3O2. The van der Waals surface area contributed by atoms with Crippen molar-refractivity contribution in [3.05, 3.63) is 48.3 Å². The number of unbranched alkanes of at least 4 members (excludes halogenated alkanes) is 1. The van der Waals surface area contributed by atoms with Crippen molar-refractivity contribution in [2.75, 3.05) is 19.0 Å². The number of carbonyl (C=O) groups is 1. The summed E-state index contributed by atoms with van der Waals surface area (Å²) in [7, 11) is 1.63. The van der Waals surface area contributed by atoms with Crippen LogP contribution >= 0.6 is 0 Å². The molecule has 1 aromatic carbocycles. The van der Waals surface area contributed by atoms with Crippen LogP contribution in [0.15, 0.2) is 42.7 Å². The third kappa shape index (κ3) is 4.48. The molecule has 0 aliphatic rings. The van der Waals surface area contributed by atoms with Gasteiger partial charge in [-0.3, -0.25) is 9.78 Å². The first-order valence-electron chi connectivity index (χ1n) is 7.37. The average Bonchev–Trinajstić information content (AvgIpc) is 2.55. The molecule has 22 heavy (non-hydrogen) atoms. The lowest BCUT2D eigenvalue weighted by Gasteiger charge is -2.09. The summed E-state index contributed by atoms with van der Waals surface area (Å²) in [6.07, 6.45) is 5.28. The van der Waals surface area contributed by atoms with Crippen molar-refractivity contribution < 1.29 is 9.53 Å². The number of amides is 1. The van der Waals surface area contributed by atoms with Gasteiger partial charge in [0, 0.05) is 24.5 Å². The fraction of sp³-hybridized carbons (Fsp3) is 0.294. The first-order valence-corrected chi connectivity index (χ1v) is 7.37. The van der Waals surface area contributed by atoms with Crippen LogP contribution in [-0.4, -0.2) is 24.5 Å². The molecule has 116 valence electrons. The quantitative estimate of drug-likeness (QED) is 0.769. The number of nitrogens with zero attached hydrogens (tertiary/aromatic N) is 1. The van der Waals surface area contributed by atoms with E-state index < -0.39 is 0 Å². The normalized spacial score (nSPS) is 10.1. The molecule has 1 amide bonds. The van der Waals surface area contributed by atoms with Gasteiger partial charge in [0.25, 0.3) is 5.91 Å². The van der Waals surface area contributed by atoms with Crippen molar-refractivity contribution in [1.29, 1.82) is 0 Å². The number of aromatic nitrogens is 1. The Kier molecular flexibility index (Phi) is 5.77. The number of anilines is 2. The highest BCUT2D eigenvalue weighted by atomic mass is 16.5. The number of carbonyl (C=O) groups excluding carboxylic acids is 1. The van der Waals surface area contributed by atoms with Gasteiger partial charge in [-0.25, -0.2) is 0 Å². The molecule has 5 nitrogen and oxygen atoms in total. The van der Waals surface area contributed by atoms with Crippen molar-refractivity contribution in [2.45, 2.75) is 19.8 Å². The van der Waals surface area contributed by atoms with Gasteiger partial charge in [-0.2, -0.15) is 0 Å². The van der Waals surface area contributed by atoms with Gasteiger partial charge in [-0.05, 0) is 24.6 Å². The zero-order chi connectivity index (χ0) is 15.8. The van der Waals surface area contributed by atoms with Gasteiger partial charge in [-0.1, -0.05) is 19.4 Å². The second-order valence-corrected chi connectivity index (χ2v) is 4.93. The summed E-state index contributed by atoms with van der Waals surface area (Å²) in [6, 6.07) is 9.37. The summed E-state index contributed by atoms with van der Waals surface area (Å²) in [4.78, 5) is 16.1. The fourth-order valence-corrected chi connectivity index (χ4v) is 1.98. The maximum atomic E-state index is 12.0. The van der Waals surface area contributed by atoms with Gasteiger partial charge in [0.05, 0.1) is 24.6 Å². The molecule has 0 unspecified atom stereocenters. The molecule has 0 radical (unpaired) electrons. The summed E-state index contributed by atoms with van der Waals surface area (Å²) in [5, 5.41) is 6.10. The predicted molar refractivity (Wildman–Crippen MR) is 87.8 cm³/mol. The Morgan fingerprint density at radius 3 is 2.86 bits per heavy atom. The molecule has 0 aliphatic heterocycles. The lowest BCUT2D eigenvalue weighted by Crippen LogP contribution is -2.24. The van der Waals surface area contributed by atoms with E-state index in [0.29, 0.717) is 12.1 Å². The summed E-state index contributed by atoms with van der Waals surface area (Å²) >= 11 is 0. The molecule has 2 N–H and O–H groups in total. The minimum atomic E-state index is -0.102. The van der Waals surface area contributed by atoms with Gasteiger partial charge in [-0.15, -0.1) is 0 Å². The summed E-state index contributed by atoms with van der Waals surface area (Å²) in [5.41, 5.74) is 2.19. The van der Waals surface area contributed by atoms with Crippen LogP contribution in [0.5, 0.6) is 5.75 Å². The monoisotopic (exact) mass is 299 g/mol. The van der Waals surface area contributed by atoms with E-state index >= 15 is 0 Å². The average molecular weight is 299 g/mol. The van der Waals surface area contributed by atoms with E-state index in [0.717, 1.165) is 30.0 Å². The number of hydrogen-bond acceptors (Lipinski definition) is 4. The van der Waals surface area contributed by atoms with Crippen LogP contribution in [-0.2, 0) is 0 Å². The Hall–Kier alpha value is -2.56. The molecule has 0 aliphatic carbocycles. The van der Waals surface area contributed by atoms with Gasteiger partial charge in [0.2, 0.25) is 0 Å². The molecule has 0 saturated carbocycles. The first-order chi connectivity index (χ1) is 10.7. The van der Waals surface area contributed by atoms with E-state index in [-0.39, 0.29) is 5.91 Å². The highest BCUT2D eigenvalue weighted by molar-refractivity contribution is 5.94. The summed E-state index contributed by atoms with van der Waals surface area (Å²) in [5.74, 6) is 0.668. The van der Waals surface area contributed by atoms with Crippen LogP contribution in [0.25, 0.3) is 0 Å². The largest absolute Gasteiger partial charge is 0.497 e. The van der Waals surface area contributed by atoms with Gasteiger partial charge >= 0.3 is 0 Å². The van der Waals surface area contributed by atoms with Crippen LogP contribution < -0.4 is 15.4 Å². The zero-order valence-electron chi connectivity index (χ0n) is 12.9. The van der Waals surface area contributed by atoms with Crippen LogP contribution in [0.2, 0.25) is 0 Å². The molecule has 0 atom stereocenters. The van der Waals surface area contributed by atoms with E-state index in [4.69, 9.17) is 4.74 Å². The Balaban J connectivity index is 2.06. The topological polar surface area (TPSA) is 63.2 Å². The van der Waals surface area contributed by atoms with E-state index in [1.165, 1.54) is 0 Å². The second kappa shape index (κ2) is 8.02.